The van der Waals surface area contributed by atoms with Gasteiger partial charge in [0.2, 0.25) is 5.91 Å². The number of carbonyl (C=O) groups is 1. The van der Waals surface area contributed by atoms with Gasteiger partial charge in [0, 0.05) is 12.1 Å². The van der Waals surface area contributed by atoms with E-state index in [1.165, 1.54) is 11.1 Å². The molecule has 0 fully saturated rings. The molecule has 1 aromatic carbocycles. The molecule has 4 heteroatoms. The number of nitrogens with zero attached hydrogens (tertiary/aromatic N) is 1. The minimum absolute atomic E-state index is 0.247. The van der Waals surface area contributed by atoms with Crippen LogP contribution in [0.2, 0.25) is 0 Å². The second-order valence-corrected chi connectivity index (χ2v) is 6.73. The Kier molecular flexibility index (Phi) is 5.61. The maximum Gasteiger partial charge on any atom is 0.240 e. The fourth-order valence-electron chi connectivity index (χ4n) is 2.71. The second-order valence-electron chi connectivity index (χ2n) is 5.84. The summed E-state index contributed by atoms with van der Waals surface area (Å²) in [6, 6.07) is 12.1. The lowest BCUT2D eigenvalue weighted by atomic mass is 10.0. The Hall–Kier alpha value is -1.81. The lowest BCUT2D eigenvalue weighted by molar-refractivity contribution is -0.119. The summed E-state index contributed by atoms with van der Waals surface area (Å²) in [7, 11) is 0. The summed E-state index contributed by atoms with van der Waals surface area (Å²) in [4.78, 5) is 14.1. The Labute approximate surface area is 136 Å². The first-order valence-electron chi connectivity index (χ1n) is 7.73. The van der Waals surface area contributed by atoms with E-state index in [9.17, 15) is 4.79 Å². The number of anilines is 1. The summed E-state index contributed by atoms with van der Waals surface area (Å²) in [6.07, 6.45) is 0.773. The first-order chi connectivity index (χ1) is 10.5. The largest absolute Gasteiger partial charge is 0.368 e. The molecule has 0 aliphatic heterocycles. The van der Waals surface area contributed by atoms with E-state index in [0.717, 1.165) is 18.0 Å². The van der Waals surface area contributed by atoms with Crippen molar-refractivity contribution >= 4 is 22.2 Å². The van der Waals surface area contributed by atoms with Crippen LogP contribution in [0.3, 0.4) is 0 Å². The number of benzene rings is 1. The van der Waals surface area contributed by atoms with Crippen molar-refractivity contribution in [2.45, 2.75) is 33.2 Å². The monoisotopic (exact) mass is 316 g/mol. The molecular formula is C18H24N2OS. The standard InChI is InChI=1S/C18H24N2OS/c1-4-20(16(17(19)21)12-13(2)3)18-15(10-11-22-18)14-8-6-5-7-9-14/h5-11,13,16H,4,12H2,1-3H3,(H2,19,21)/t16-/m0/s1. The lowest BCUT2D eigenvalue weighted by Crippen LogP contribution is -2.45. The third-order valence-electron chi connectivity index (χ3n) is 3.73. The molecule has 0 saturated heterocycles. The molecule has 0 unspecified atom stereocenters. The van der Waals surface area contributed by atoms with Crippen LogP contribution >= 0.6 is 11.3 Å². The lowest BCUT2D eigenvalue weighted by Gasteiger charge is -2.31. The zero-order chi connectivity index (χ0) is 16.1. The fourth-order valence-corrected chi connectivity index (χ4v) is 3.75. The molecule has 2 aromatic rings. The molecule has 3 nitrogen and oxygen atoms in total. The fraction of sp³-hybridized carbons (Fsp3) is 0.389. The quantitative estimate of drug-likeness (QED) is 0.834. The third-order valence-corrected chi connectivity index (χ3v) is 4.68. The molecule has 0 saturated carbocycles. The Morgan fingerprint density at radius 3 is 2.45 bits per heavy atom. The van der Waals surface area contributed by atoms with Crippen molar-refractivity contribution in [2.75, 3.05) is 11.4 Å². The summed E-state index contributed by atoms with van der Waals surface area (Å²) < 4.78 is 0. The molecule has 118 valence electrons. The van der Waals surface area contributed by atoms with E-state index in [0.29, 0.717) is 5.92 Å². The van der Waals surface area contributed by atoms with Gasteiger partial charge in [-0.1, -0.05) is 44.2 Å². The molecule has 0 aliphatic carbocycles. The first-order valence-corrected chi connectivity index (χ1v) is 8.61. The van der Waals surface area contributed by atoms with Gasteiger partial charge in [0.1, 0.15) is 6.04 Å². The Balaban J connectivity index is 2.40. The van der Waals surface area contributed by atoms with Crippen LogP contribution < -0.4 is 10.6 Å². The summed E-state index contributed by atoms with van der Waals surface area (Å²) in [5.74, 6) is 0.176. The average Bonchev–Trinajstić information content (AvgIpc) is 2.97. The van der Waals surface area contributed by atoms with Crippen LogP contribution in [0.25, 0.3) is 11.1 Å². The van der Waals surface area contributed by atoms with Gasteiger partial charge < -0.3 is 10.6 Å². The summed E-state index contributed by atoms with van der Waals surface area (Å²) in [5.41, 5.74) is 8.02. The van der Waals surface area contributed by atoms with E-state index in [1.54, 1.807) is 11.3 Å². The van der Waals surface area contributed by atoms with E-state index >= 15 is 0 Å². The van der Waals surface area contributed by atoms with Crippen molar-refractivity contribution < 1.29 is 4.79 Å². The zero-order valence-electron chi connectivity index (χ0n) is 13.5. The molecule has 0 spiro atoms. The molecule has 1 atom stereocenters. The van der Waals surface area contributed by atoms with Gasteiger partial charge in [-0.3, -0.25) is 4.79 Å². The van der Waals surface area contributed by atoms with E-state index in [1.807, 2.05) is 18.2 Å². The third kappa shape index (κ3) is 3.69. The predicted octanol–water partition coefficient (Wildman–Crippen LogP) is 4.14. The molecular weight excluding hydrogens is 292 g/mol. The van der Waals surface area contributed by atoms with Gasteiger partial charge in [-0.2, -0.15) is 0 Å². The number of likely N-dealkylation sites (N-methyl/N-ethyl adjacent to an activating group) is 1. The van der Waals surface area contributed by atoms with E-state index in [2.05, 4.69) is 49.3 Å². The molecule has 1 heterocycles. The SMILES string of the molecule is CCN(c1sccc1-c1ccccc1)[C@@H](CC(C)C)C(N)=O. The smallest absolute Gasteiger partial charge is 0.240 e. The predicted molar refractivity (Wildman–Crippen MR) is 95.2 cm³/mol. The molecule has 2 N–H and O–H groups in total. The molecule has 0 radical (unpaired) electrons. The highest BCUT2D eigenvalue weighted by atomic mass is 32.1. The summed E-state index contributed by atoms with van der Waals surface area (Å²) in [5, 5.41) is 3.20. The Bertz CT molecular complexity index is 607. The van der Waals surface area contributed by atoms with Crippen LogP contribution in [0.1, 0.15) is 27.2 Å². The molecule has 1 amide bonds. The van der Waals surface area contributed by atoms with Crippen molar-refractivity contribution in [3.63, 3.8) is 0 Å². The number of rotatable bonds is 7. The van der Waals surface area contributed by atoms with E-state index in [-0.39, 0.29) is 11.9 Å². The van der Waals surface area contributed by atoms with E-state index < -0.39 is 0 Å². The molecule has 0 bridgehead atoms. The number of amides is 1. The number of carbonyl (C=O) groups excluding carboxylic acids is 1. The average molecular weight is 316 g/mol. The number of hydrogen-bond acceptors (Lipinski definition) is 3. The van der Waals surface area contributed by atoms with Crippen molar-refractivity contribution in [1.82, 2.24) is 0 Å². The van der Waals surface area contributed by atoms with Gasteiger partial charge in [-0.05, 0) is 36.3 Å². The number of primary amides is 1. The first kappa shape index (κ1) is 16.6. The van der Waals surface area contributed by atoms with Gasteiger partial charge >= 0.3 is 0 Å². The summed E-state index contributed by atoms with van der Waals surface area (Å²) >= 11 is 1.67. The van der Waals surface area contributed by atoms with Crippen molar-refractivity contribution in [2.24, 2.45) is 11.7 Å². The molecule has 22 heavy (non-hydrogen) atoms. The van der Waals surface area contributed by atoms with Gasteiger partial charge in [0.15, 0.2) is 0 Å². The van der Waals surface area contributed by atoms with Crippen LogP contribution in [0.5, 0.6) is 0 Å². The Morgan fingerprint density at radius 2 is 1.91 bits per heavy atom. The van der Waals surface area contributed by atoms with Crippen molar-refractivity contribution in [3.05, 3.63) is 41.8 Å². The Morgan fingerprint density at radius 1 is 1.23 bits per heavy atom. The van der Waals surface area contributed by atoms with Crippen molar-refractivity contribution in [1.29, 1.82) is 0 Å². The van der Waals surface area contributed by atoms with Crippen LogP contribution in [-0.4, -0.2) is 18.5 Å². The highest BCUT2D eigenvalue weighted by Gasteiger charge is 2.26. The van der Waals surface area contributed by atoms with Crippen molar-refractivity contribution in [3.8, 4) is 11.1 Å². The van der Waals surface area contributed by atoms with Crippen LogP contribution in [0.4, 0.5) is 5.00 Å². The molecule has 0 aliphatic rings. The summed E-state index contributed by atoms with van der Waals surface area (Å²) in [6.45, 7) is 7.08. The molecule has 2 rings (SSSR count). The highest BCUT2D eigenvalue weighted by Crippen LogP contribution is 2.37. The number of hydrogen-bond donors (Lipinski definition) is 1. The number of nitrogens with two attached hydrogens (primary N) is 1. The minimum Gasteiger partial charge on any atom is -0.368 e. The maximum atomic E-state index is 12.0. The van der Waals surface area contributed by atoms with Crippen LogP contribution in [0.15, 0.2) is 41.8 Å². The van der Waals surface area contributed by atoms with Crippen LogP contribution in [0, 0.1) is 5.92 Å². The normalized spacial score (nSPS) is 12.4. The van der Waals surface area contributed by atoms with Gasteiger partial charge in [0.05, 0.1) is 5.00 Å². The second kappa shape index (κ2) is 7.45. The number of thiophene rings is 1. The minimum atomic E-state index is -0.258. The molecule has 1 aromatic heterocycles. The van der Waals surface area contributed by atoms with Gasteiger partial charge in [-0.15, -0.1) is 11.3 Å². The van der Waals surface area contributed by atoms with Gasteiger partial charge in [-0.25, -0.2) is 0 Å². The maximum absolute atomic E-state index is 12.0. The van der Waals surface area contributed by atoms with Gasteiger partial charge in [0.25, 0.3) is 0 Å². The topological polar surface area (TPSA) is 46.3 Å². The zero-order valence-corrected chi connectivity index (χ0v) is 14.3. The van der Waals surface area contributed by atoms with Crippen LogP contribution in [-0.2, 0) is 4.79 Å². The van der Waals surface area contributed by atoms with E-state index in [4.69, 9.17) is 5.73 Å². The highest BCUT2D eigenvalue weighted by molar-refractivity contribution is 7.14.